The normalized spacial score (nSPS) is 28.2. The van der Waals surface area contributed by atoms with Gasteiger partial charge < -0.3 is 0 Å². The van der Waals surface area contributed by atoms with E-state index in [0.29, 0.717) is 11.8 Å². The minimum Gasteiger partial charge on any atom is -0.0642 e. The molecule has 4 aromatic carbocycles. The van der Waals surface area contributed by atoms with Crippen LogP contribution in [0.15, 0.2) is 97.1 Å². The Morgan fingerprint density at radius 2 is 0.688 bits per heavy atom. The van der Waals surface area contributed by atoms with E-state index in [-0.39, 0.29) is 10.8 Å². The molecule has 0 amide bonds. The van der Waals surface area contributed by atoms with Gasteiger partial charge in [-0.2, -0.15) is 0 Å². The fraction of sp³-hybridized carbons (Fsp3) is 0.250. The molecule has 4 aromatic rings. The Morgan fingerprint density at radius 1 is 0.438 bits per heavy atom. The summed E-state index contributed by atoms with van der Waals surface area (Å²) in [6.07, 6.45) is 2.17. The van der Waals surface area contributed by atoms with Crippen LogP contribution in [-0.2, 0) is 10.8 Å². The van der Waals surface area contributed by atoms with Gasteiger partial charge in [0, 0.05) is 22.7 Å². The van der Waals surface area contributed by atoms with Gasteiger partial charge in [0.2, 0.25) is 0 Å². The maximum atomic E-state index is 2.44. The molecule has 6 aliphatic rings. The van der Waals surface area contributed by atoms with Crippen molar-refractivity contribution in [1.82, 2.24) is 0 Å². The molecule has 0 spiro atoms. The maximum Gasteiger partial charge on any atom is 0.0315 e. The quantitative estimate of drug-likeness (QED) is 0.317. The van der Waals surface area contributed by atoms with E-state index < -0.39 is 0 Å². The summed E-state index contributed by atoms with van der Waals surface area (Å²) in [5.41, 5.74) is 12.3. The first-order valence-electron chi connectivity index (χ1n) is 12.2. The Morgan fingerprint density at radius 3 is 0.938 bits per heavy atom. The van der Waals surface area contributed by atoms with Crippen LogP contribution in [0.5, 0.6) is 0 Å². The number of hydrogen-bond donors (Lipinski definition) is 0. The van der Waals surface area contributed by atoms with Crippen LogP contribution < -0.4 is 0 Å². The van der Waals surface area contributed by atoms with Gasteiger partial charge in [-0.05, 0) is 57.3 Å². The molecule has 0 aliphatic heterocycles. The highest BCUT2D eigenvalue weighted by Gasteiger charge is 2.61. The standard InChI is InChI=1S/C32H28/c1-3-31-25-17-9-5-13-21(25)30(22-14-6-10-18-26(22)31)32(4-2)27-19-11-7-15-23(27)29(31)24-16-8-12-20-28(24)32/h5-20,29-30H,3-4H2,1-2H3. The van der Waals surface area contributed by atoms with E-state index in [1.54, 1.807) is 44.5 Å². The summed E-state index contributed by atoms with van der Waals surface area (Å²) >= 11 is 0. The third-order valence-corrected chi connectivity index (χ3v) is 9.11. The highest BCUT2D eigenvalue weighted by Crippen LogP contribution is 2.69. The van der Waals surface area contributed by atoms with Crippen LogP contribution in [-0.4, -0.2) is 0 Å². The van der Waals surface area contributed by atoms with Crippen molar-refractivity contribution in [2.75, 3.05) is 0 Å². The molecule has 0 unspecified atom stereocenters. The summed E-state index contributed by atoms with van der Waals surface area (Å²) in [7, 11) is 0. The molecule has 0 aromatic heterocycles. The van der Waals surface area contributed by atoms with Crippen molar-refractivity contribution in [2.45, 2.75) is 49.4 Å². The Kier molecular flexibility index (Phi) is 3.59. The van der Waals surface area contributed by atoms with Crippen molar-refractivity contribution in [3.05, 3.63) is 142 Å². The van der Waals surface area contributed by atoms with Crippen LogP contribution in [0.1, 0.15) is 83.0 Å². The van der Waals surface area contributed by atoms with E-state index in [0.717, 1.165) is 12.8 Å². The predicted molar refractivity (Wildman–Crippen MR) is 132 cm³/mol. The lowest BCUT2D eigenvalue weighted by molar-refractivity contribution is 0.318. The van der Waals surface area contributed by atoms with E-state index in [1.165, 1.54) is 0 Å². The average Bonchev–Trinajstić information content (AvgIpc) is 2.85. The summed E-state index contributed by atoms with van der Waals surface area (Å²) < 4.78 is 0. The average molecular weight is 413 g/mol. The molecule has 0 radical (unpaired) electrons. The second-order valence-corrected chi connectivity index (χ2v) is 9.86. The molecule has 0 atom stereocenters. The topological polar surface area (TPSA) is 0 Å². The summed E-state index contributed by atoms with van der Waals surface area (Å²) in [4.78, 5) is 0. The van der Waals surface area contributed by atoms with Gasteiger partial charge in [0.15, 0.2) is 0 Å². The van der Waals surface area contributed by atoms with Crippen LogP contribution in [0, 0.1) is 0 Å². The molecule has 0 nitrogen and oxygen atoms in total. The molecule has 32 heavy (non-hydrogen) atoms. The van der Waals surface area contributed by atoms with Gasteiger partial charge >= 0.3 is 0 Å². The minimum atomic E-state index is -0.0593. The van der Waals surface area contributed by atoms with E-state index in [2.05, 4.69) is 111 Å². The molecule has 0 fully saturated rings. The fourth-order valence-corrected chi connectivity index (χ4v) is 8.10. The summed E-state index contributed by atoms with van der Waals surface area (Å²) in [5, 5.41) is 0. The second kappa shape index (κ2) is 6.23. The molecule has 156 valence electrons. The smallest absolute Gasteiger partial charge is 0.0315 e. The van der Waals surface area contributed by atoms with Crippen molar-refractivity contribution < 1.29 is 0 Å². The molecule has 0 heteroatoms. The van der Waals surface area contributed by atoms with Crippen molar-refractivity contribution in [3.8, 4) is 0 Å². The van der Waals surface area contributed by atoms with E-state index in [1.807, 2.05) is 0 Å². The molecule has 4 bridgehead atoms. The number of hydrogen-bond acceptors (Lipinski definition) is 0. The number of rotatable bonds is 2. The highest BCUT2D eigenvalue weighted by atomic mass is 14.6. The van der Waals surface area contributed by atoms with Gasteiger partial charge in [-0.1, -0.05) is 111 Å². The zero-order chi connectivity index (χ0) is 21.5. The van der Waals surface area contributed by atoms with Crippen molar-refractivity contribution in [1.29, 1.82) is 0 Å². The van der Waals surface area contributed by atoms with Gasteiger partial charge in [-0.15, -0.1) is 0 Å². The number of benzene rings is 4. The second-order valence-electron chi connectivity index (χ2n) is 9.86. The fourth-order valence-electron chi connectivity index (χ4n) is 8.10. The van der Waals surface area contributed by atoms with Crippen LogP contribution in [0.4, 0.5) is 0 Å². The van der Waals surface area contributed by atoms with Gasteiger partial charge in [0.1, 0.15) is 0 Å². The first-order chi connectivity index (χ1) is 15.8. The molecular formula is C32H28. The SMILES string of the molecule is CCC12c3ccccc3C(c3ccccc31)C1(CC)c3ccccc3C2c2ccccc21. The molecule has 0 heterocycles. The Labute approximate surface area is 191 Å². The Balaban J connectivity index is 1.79. The summed E-state index contributed by atoms with van der Waals surface area (Å²) in [6.45, 7) is 4.81. The lowest BCUT2D eigenvalue weighted by Gasteiger charge is -2.60. The third kappa shape index (κ3) is 1.84. The van der Waals surface area contributed by atoms with Gasteiger partial charge in [-0.25, -0.2) is 0 Å². The van der Waals surface area contributed by atoms with Gasteiger partial charge in [-0.3, -0.25) is 0 Å². The Hall–Kier alpha value is -3.12. The zero-order valence-corrected chi connectivity index (χ0v) is 18.8. The molecule has 0 saturated carbocycles. The van der Waals surface area contributed by atoms with Crippen molar-refractivity contribution in [3.63, 3.8) is 0 Å². The highest BCUT2D eigenvalue weighted by molar-refractivity contribution is 5.72. The predicted octanol–water partition coefficient (Wildman–Crippen LogP) is 7.68. The summed E-state index contributed by atoms with van der Waals surface area (Å²) in [5.74, 6) is 0.645. The molecule has 0 saturated heterocycles. The monoisotopic (exact) mass is 412 g/mol. The lowest BCUT2D eigenvalue weighted by Crippen LogP contribution is -2.53. The van der Waals surface area contributed by atoms with E-state index in [9.17, 15) is 0 Å². The minimum absolute atomic E-state index is 0.0593. The van der Waals surface area contributed by atoms with Crippen molar-refractivity contribution in [2.24, 2.45) is 0 Å². The van der Waals surface area contributed by atoms with Crippen LogP contribution >= 0.6 is 0 Å². The maximum absolute atomic E-state index is 2.44. The molecular weight excluding hydrogens is 384 g/mol. The molecule has 10 rings (SSSR count). The van der Waals surface area contributed by atoms with Crippen LogP contribution in [0.3, 0.4) is 0 Å². The first-order valence-corrected chi connectivity index (χ1v) is 12.2. The van der Waals surface area contributed by atoms with E-state index >= 15 is 0 Å². The third-order valence-electron chi connectivity index (χ3n) is 9.11. The summed E-state index contributed by atoms with van der Waals surface area (Å²) in [6, 6.07) is 37.6. The zero-order valence-electron chi connectivity index (χ0n) is 18.8. The lowest BCUT2D eigenvalue weighted by atomic mass is 9.42. The molecule has 0 N–H and O–H groups in total. The van der Waals surface area contributed by atoms with Crippen LogP contribution in [0.25, 0.3) is 0 Å². The molecule has 6 aliphatic carbocycles. The first kappa shape index (κ1) is 18.5. The van der Waals surface area contributed by atoms with Crippen molar-refractivity contribution >= 4 is 0 Å². The van der Waals surface area contributed by atoms with Crippen LogP contribution in [0.2, 0.25) is 0 Å². The largest absolute Gasteiger partial charge is 0.0642 e. The van der Waals surface area contributed by atoms with E-state index in [4.69, 9.17) is 0 Å². The Bertz CT molecular complexity index is 1170. The van der Waals surface area contributed by atoms with Gasteiger partial charge in [0.25, 0.3) is 0 Å². The van der Waals surface area contributed by atoms with Gasteiger partial charge in [0.05, 0.1) is 0 Å².